The van der Waals surface area contributed by atoms with Crippen LogP contribution in [0.25, 0.3) is 0 Å². The molecule has 60 valence electrons. The van der Waals surface area contributed by atoms with Gasteiger partial charge in [-0.05, 0) is 18.6 Å². The summed E-state index contributed by atoms with van der Waals surface area (Å²) in [6.07, 6.45) is 0. The molecule has 0 saturated heterocycles. The molecule has 0 aliphatic rings. The Morgan fingerprint density at radius 2 is 2.18 bits per heavy atom. The van der Waals surface area contributed by atoms with Gasteiger partial charge < -0.3 is 10.4 Å². The van der Waals surface area contributed by atoms with Crippen molar-refractivity contribution in [2.24, 2.45) is 0 Å². The molecule has 0 radical (unpaired) electrons. The summed E-state index contributed by atoms with van der Waals surface area (Å²) in [4.78, 5) is 0. The summed E-state index contributed by atoms with van der Waals surface area (Å²) in [6.45, 7) is 2.12. The second kappa shape index (κ2) is 3.39. The van der Waals surface area contributed by atoms with Crippen LogP contribution >= 0.6 is 0 Å². The van der Waals surface area contributed by atoms with E-state index in [4.69, 9.17) is 5.11 Å². The maximum absolute atomic E-state index is 8.90. The van der Waals surface area contributed by atoms with Crippen LogP contribution < -0.4 is 5.32 Å². The Hall–Kier alpha value is -1.02. The zero-order chi connectivity index (χ0) is 8.27. The van der Waals surface area contributed by atoms with E-state index in [0.717, 1.165) is 11.3 Å². The summed E-state index contributed by atoms with van der Waals surface area (Å²) >= 11 is 0. The molecule has 1 aromatic rings. The molecule has 0 amide bonds. The molecule has 0 heterocycles. The molecular formula is C9H13NO. The van der Waals surface area contributed by atoms with Crippen LogP contribution in [0, 0.1) is 6.92 Å². The Labute approximate surface area is 66.9 Å². The first kappa shape index (κ1) is 8.08. The second-order valence-corrected chi connectivity index (χ2v) is 2.57. The predicted octanol–water partition coefficient (Wildman–Crippen LogP) is 1.53. The van der Waals surface area contributed by atoms with Crippen LogP contribution in [-0.4, -0.2) is 12.2 Å². The Kier molecular flexibility index (Phi) is 2.49. The number of hydrogen-bond donors (Lipinski definition) is 2. The number of anilines is 1. The molecule has 0 atom stereocenters. The van der Waals surface area contributed by atoms with E-state index in [0.29, 0.717) is 0 Å². The van der Waals surface area contributed by atoms with Crippen molar-refractivity contribution in [3.05, 3.63) is 29.3 Å². The fraction of sp³-hybridized carbons (Fsp3) is 0.333. The van der Waals surface area contributed by atoms with Gasteiger partial charge in [-0.1, -0.05) is 12.1 Å². The topological polar surface area (TPSA) is 32.3 Å². The zero-order valence-corrected chi connectivity index (χ0v) is 6.89. The van der Waals surface area contributed by atoms with Gasteiger partial charge in [-0.2, -0.15) is 0 Å². The van der Waals surface area contributed by atoms with Gasteiger partial charge in [-0.3, -0.25) is 0 Å². The number of rotatable bonds is 2. The van der Waals surface area contributed by atoms with Crippen molar-refractivity contribution < 1.29 is 5.11 Å². The van der Waals surface area contributed by atoms with Gasteiger partial charge in [0.1, 0.15) is 0 Å². The van der Waals surface area contributed by atoms with Crippen LogP contribution in [0.2, 0.25) is 0 Å². The van der Waals surface area contributed by atoms with E-state index in [2.05, 4.69) is 5.32 Å². The molecule has 0 unspecified atom stereocenters. The minimum atomic E-state index is 0.0937. The maximum Gasteiger partial charge on any atom is 0.0701 e. The standard InChI is InChI=1S/C9H13NO/c1-7-3-4-8(6-11)9(5-7)10-2/h3-5,10-11H,6H2,1-2H3. The van der Waals surface area contributed by atoms with Gasteiger partial charge in [0.15, 0.2) is 0 Å². The van der Waals surface area contributed by atoms with Crippen LogP contribution in [0.15, 0.2) is 18.2 Å². The van der Waals surface area contributed by atoms with E-state index >= 15 is 0 Å². The second-order valence-electron chi connectivity index (χ2n) is 2.57. The van der Waals surface area contributed by atoms with E-state index in [1.165, 1.54) is 5.56 Å². The summed E-state index contributed by atoms with van der Waals surface area (Å²) in [5.74, 6) is 0. The van der Waals surface area contributed by atoms with Crippen LogP contribution in [-0.2, 0) is 6.61 Å². The number of aryl methyl sites for hydroxylation is 1. The van der Waals surface area contributed by atoms with Crippen LogP contribution in [0.5, 0.6) is 0 Å². The Morgan fingerprint density at radius 1 is 1.45 bits per heavy atom. The maximum atomic E-state index is 8.90. The fourth-order valence-electron chi connectivity index (χ4n) is 1.06. The number of aliphatic hydroxyl groups is 1. The normalized spacial score (nSPS) is 9.73. The van der Waals surface area contributed by atoms with E-state index in [-0.39, 0.29) is 6.61 Å². The van der Waals surface area contributed by atoms with Gasteiger partial charge in [0.2, 0.25) is 0 Å². The number of benzene rings is 1. The van der Waals surface area contributed by atoms with Gasteiger partial charge >= 0.3 is 0 Å². The number of nitrogens with one attached hydrogen (secondary N) is 1. The van der Waals surface area contributed by atoms with Gasteiger partial charge in [0.25, 0.3) is 0 Å². The third-order valence-electron chi connectivity index (χ3n) is 1.71. The summed E-state index contributed by atoms with van der Waals surface area (Å²) in [5.41, 5.74) is 3.15. The first-order chi connectivity index (χ1) is 5.27. The highest BCUT2D eigenvalue weighted by atomic mass is 16.3. The summed E-state index contributed by atoms with van der Waals surface area (Å²) in [6, 6.07) is 5.94. The smallest absolute Gasteiger partial charge is 0.0701 e. The predicted molar refractivity (Wildman–Crippen MR) is 46.6 cm³/mol. The van der Waals surface area contributed by atoms with Gasteiger partial charge in [-0.15, -0.1) is 0 Å². The molecule has 11 heavy (non-hydrogen) atoms. The van der Waals surface area contributed by atoms with E-state index in [1.54, 1.807) is 0 Å². The third-order valence-corrected chi connectivity index (χ3v) is 1.71. The molecule has 0 aliphatic heterocycles. The third kappa shape index (κ3) is 1.71. The van der Waals surface area contributed by atoms with Crippen molar-refractivity contribution in [3.63, 3.8) is 0 Å². The Morgan fingerprint density at radius 3 is 2.73 bits per heavy atom. The zero-order valence-electron chi connectivity index (χ0n) is 6.89. The summed E-state index contributed by atoms with van der Waals surface area (Å²) in [5, 5.41) is 11.9. The minimum absolute atomic E-state index is 0.0937. The lowest BCUT2D eigenvalue weighted by Crippen LogP contribution is -1.95. The molecule has 2 N–H and O–H groups in total. The highest BCUT2D eigenvalue weighted by Gasteiger charge is 1.97. The highest BCUT2D eigenvalue weighted by Crippen LogP contribution is 2.16. The first-order valence-corrected chi connectivity index (χ1v) is 3.66. The fourth-order valence-corrected chi connectivity index (χ4v) is 1.06. The molecule has 0 saturated carbocycles. The Balaban J connectivity index is 3.06. The molecule has 2 nitrogen and oxygen atoms in total. The molecular weight excluding hydrogens is 138 g/mol. The van der Waals surface area contributed by atoms with Crippen molar-refractivity contribution in [2.45, 2.75) is 13.5 Å². The SMILES string of the molecule is CNc1cc(C)ccc1CO. The molecule has 1 rings (SSSR count). The van der Waals surface area contributed by atoms with E-state index in [9.17, 15) is 0 Å². The molecule has 0 aliphatic carbocycles. The molecule has 0 aromatic heterocycles. The Bertz CT molecular complexity index is 245. The van der Waals surface area contributed by atoms with Crippen LogP contribution in [0.1, 0.15) is 11.1 Å². The monoisotopic (exact) mass is 151 g/mol. The van der Waals surface area contributed by atoms with Crippen molar-refractivity contribution in [1.82, 2.24) is 0 Å². The summed E-state index contributed by atoms with van der Waals surface area (Å²) < 4.78 is 0. The average Bonchev–Trinajstić information content (AvgIpc) is 2.04. The van der Waals surface area contributed by atoms with Gasteiger partial charge in [0.05, 0.1) is 6.61 Å². The largest absolute Gasteiger partial charge is 0.392 e. The van der Waals surface area contributed by atoms with Crippen LogP contribution in [0.4, 0.5) is 5.69 Å². The van der Waals surface area contributed by atoms with E-state index < -0.39 is 0 Å². The average molecular weight is 151 g/mol. The van der Waals surface area contributed by atoms with Crippen LogP contribution in [0.3, 0.4) is 0 Å². The molecule has 1 aromatic carbocycles. The summed E-state index contributed by atoms with van der Waals surface area (Å²) in [7, 11) is 1.86. The van der Waals surface area contributed by atoms with Gasteiger partial charge in [-0.25, -0.2) is 0 Å². The van der Waals surface area contributed by atoms with Crippen molar-refractivity contribution in [1.29, 1.82) is 0 Å². The quantitative estimate of drug-likeness (QED) is 0.671. The lowest BCUT2D eigenvalue weighted by Gasteiger charge is -2.06. The van der Waals surface area contributed by atoms with Crippen molar-refractivity contribution in [2.75, 3.05) is 12.4 Å². The molecule has 2 heteroatoms. The minimum Gasteiger partial charge on any atom is -0.392 e. The lowest BCUT2D eigenvalue weighted by molar-refractivity contribution is 0.282. The number of aliphatic hydroxyl groups excluding tert-OH is 1. The molecule has 0 bridgehead atoms. The lowest BCUT2D eigenvalue weighted by atomic mass is 10.1. The molecule has 0 fully saturated rings. The number of hydrogen-bond acceptors (Lipinski definition) is 2. The van der Waals surface area contributed by atoms with E-state index in [1.807, 2.05) is 32.2 Å². The first-order valence-electron chi connectivity index (χ1n) is 3.66. The van der Waals surface area contributed by atoms with Crippen molar-refractivity contribution in [3.8, 4) is 0 Å². The molecule has 0 spiro atoms. The highest BCUT2D eigenvalue weighted by molar-refractivity contribution is 5.52. The van der Waals surface area contributed by atoms with Crippen molar-refractivity contribution >= 4 is 5.69 Å². The van der Waals surface area contributed by atoms with Gasteiger partial charge in [0, 0.05) is 18.3 Å².